The van der Waals surface area contributed by atoms with Crippen LogP contribution in [-0.4, -0.2) is 65.5 Å². The molecule has 3 rings (SSSR count). The first-order chi connectivity index (χ1) is 20.5. The molecule has 1 aliphatic heterocycles. The molecule has 232 valence electrons. The highest BCUT2D eigenvalue weighted by Crippen LogP contribution is 2.68. The largest absolute Gasteiger partial charge is 0.465 e. The summed E-state index contributed by atoms with van der Waals surface area (Å²) in [5.74, 6) is -4.18. The van der Waals surface area contributed by atoms with E-state index in [0.29, 0.717) is 18.4 Å². The minimum Gasteiger partial charge on any atom is -0.465 e. The number of rotatable bonds is 10. The Balaban J connectivity index is 2.68. The highest BCUT2D eigenvalue weighted by molar-refractivity contribution is 7.54. The lowest BCUT2D eigenvalue weighted by Crippen LogP contribution is -2.36. The van der Waals surface area contributed by atoms with E-state index in [-0.39, 0.29) is 24.3 Å². The second kappa shape index (κ2) is 14.1. The van der Waals surface area contributed by atoms with Crippen molar-refractivity contribution >= 4 is 37.5 Å². The van der Waals surface area contributed by atoms with Crippen molar-refractivity contribution in [2.45, 2.75) is 39.3 Å². The molecule has 0 spiro atoms. The number of hydrogen-bond acceptors (Lipinski definition) is 11. The fourth-order valence-corrected chi connectivity index (χ4v) is 7.53. The van der Waals surface area contributed by atoms with Gasteiger partial charge in [0.25, 0.3) is 0 Å². The molecule has 0 radical (unpaired) electrons. The molecule has 1 atom stereocenters. The maximum absolute atomic E-state index is 14.9. The van der Waals surface area contributed by atoms with Gasteiger partial charge in [-0.2, -0.15) is 0 Å². The minimum atomic E-state index is -4.31. The lowest BCUT2D eigenvalue weighted by molar-refractivity contribution is 0.00962. The molecule has 2 aromatic carbocycles. The first kappa shape index (κ1) is 33.7. The molecule has 0 saturated carbocycles. The van der Waals surface area contributed by atoms with Crippen LogP contribution in [0.4, 0.5) is 0 Å². The van der Waals surface area contributed by atoms with Crippen molar-refractivity contribution in [3.05, 3.63) is 75.4 Å². The van der Waals surface area contributed by atoms with Crippen molar-refractivity contribution in [1.29, 1.82) is 0 Å². The van der Waals surface area contributed by atoms with Crippen molar-refractivity contribution in [1.82, 2.24) is 0 Å². The van der Waals surface area contributed by atoms with Crippen LogP contribution in [0, 0.1) is 5.41 Å². The first-order valence-electron chi connectivity index (χ1n) is 13.7. The Bertz CT molecular complexity index is 1390. The van der Waals surface area contributed by atoms with Gasteiger partial charge in [-0.3, -0.25) is 4.57 Å². The van der Waals surface area contributed by atoms with Crippen LogP contribution in [0.1, 0.15) is 97.4 Å². The van der Waals surface area contributed by atoms with Crippen LogP contribution in [0.3, 0.4) is 0 Å². The Morgan fingerprint density at radius 3 is 1.58 bits per heavy atom. The molecule has 43 heavy (non-hydrogen) atoms. The van der Waals surface area contributed by atoms with Gasteiger partial charge < -0.3 is 28.0 Å². The van der Waals surface area contributed by atoms with Gasteiger partial charge in [-0.05, 0) is 25.3 Å². The monoisotopic (exact) mass is 616 g/mol. The first-order valence-corrected chi connectivity index (χ1v) is 15.3. The van der Waals surface area contributed by atoms with Crippen LogP contribution < -0.4 is 0 Å². The van der Waals surface area contributed by atoms with E-state index in [1.807, 2.05) is 13.8 Å². The van der Waals surface area contributed by atoms with Crippen molar-refractivity contribution in [3.63, 3.8) is 0 Å². The molecule has 1 unspecified atom stereocenters. The van der Waals surface area contributed by atoms with Gasteiger partial charge in [0.2, 0.25) is 0 Å². The number of allylic oxidation sites excluding steroid dienone is 1. The summed E-state index contributed by atoms with van der Waals surface area (Å²) < 4.78 is 47.4. The zero-order valence-electron chi connectivity index (χ0n) is 25.4. The van der Waals surface area contributed by atoms with Gasteiger partial charge in [0.05, 0.1) is 63.9 Å². The number of methoxy groups -OCH3 is 4. The Morgan fingerprint density at radius 2 is 1.21 bits per heavy atom. The summed E-state index contributed by atoms with van der Waals surface area (Å²) in [6, 6.07) is 8.25. The maximum Gasteiger partial charge on any atom is 0.342 e. The lowest BCUT2D eigenvalue weighted by atomic mass is 9.83. The van der Waals surface area contributed by atoms with Gasteiger partial charge in [0.1, 0.15) is 5.66 Å². The van der Waals surface area contributed by atoms with Gasteiger partial charge in [0.15, 0.2) is 0 Å². The van der Waals surface area contributed by atoms with E-state index in [1.165, 1.54) is 12.2 Å². The second-order valence-electron chi connectivity index (χ2n) is 9.90. The van der Waals surface area contributed by atoms with Gasteiger partial charge in [-0.1, -0.05) is 56.3 Å². The molecule has 12 heteroatoms. The fourth-order valence-electron chi connectivity index (χ4n) is 5.13. The Kier molecular flexibility index (Phi) is 11.1. The standard InChI is InChI=1S/C31H37O11P/c1-8-14-20-21(27(32)37-4)24(29(34)39-6)23(25(30(35)40-7)22(20)28(33)38-5)26(19-15-12-11-13-16-19)43(36)41-17-31(9-2,10-3)18-42-43/h8,11-16,26H,9-10,17-18H2,1-7H3/b14-8+. The van der Waals surface area contributed by atoms with E-state index in [0.717, 1.165) is 28.4 Å². The summed E-state index contributed by atoms with van der Waals surface area (Å²) in [5, 5.41) is 0. The summed E-state index contributed by atoms with van der Waals surface area (Å²) in [7, 11) is 0.0327. The summed E-state index contributed by atoms with van der Waals surface area (Å²) in [6.45, 7) is 5.67. The van der Waals surface area contributed by atoms with Gasteiger partial charge in [0, 0.05) is 16.5 Å². The number of carbonyl (C=O) groups is 4. The van der Waals surface area contributed by atoms with Crippen molar-refractivity contribution in [2.75, 3.05) is 41.7 Å². The SMILES string of the molecule is C/C=C/c1c(C(=O)OC)c(C(=O)OC)c(C(c2ccccc2)P2(=O)OCC(CC)(CC)CO2)c(C(=O)OC)c1C(=O)OC. The van der Waals surface area contributed by atoms with Crippen LogP contribution in [0.25, 0.3) is 6.08 Å². The third kappa shape index (κ3) is 6.30. The zero-order chi connectivity index (χ0) is 31.9. The molecular formula is C31H37O11P. The number of hydrogen-bond donors (Lipinski definition) is 0. The van der Waals surface area contributed by atoms with E-state index >= 15 is 0 Å². The van der Waals surface area contributed by atoms with Crippen LogP contribution in [0.15, 0.2) is 36.4 Å². The molecular weight excluding hydrogens is 579 g/mol. The van der Waals surface area contributed by atoms with E-state index < -0.39 is 64.8 Å². The average Bonchev–Trinajstić information content (AvgIpc) is 3.04. The van der Waals surface area contributed by atoms with Gasteiger partial charge in [-0.25, -0.2) is 19.2 Å². The van der Waals surface area contributed by atoms with Crippen molar-refractivity contribution in [3.8, 4) is 0 Å². The molecule has 1 heterocycles. The summed E-state index contributed by atoms with van der Waals surface area (Å²) in [4.78, 5) is 54.2. The molecule has 1 aliphatic rings. The van der Waals surface area contributed by atoms with E-state index in [1.54, 1.807) is 37.3 Å². The molecule has 0 aromatic heterocycles. The van der Waals surface area contributed by atoms with Crippen molar-refractivity contribution < 1.29 is 51.7 Å². The lowest BCUT2D eigenvalue weighted by Gasteiger charge is -2.41. The fraction of sp³-hybridized carbons (Fsp3) is 0.419. The highest BCUT2D eigenvalue weighted by atomic mass is 31.2. The Labute approximate surface area is 251 Å². The molecule has 1 fully saturated rings. The number of benzene rings is 2. The van der Waals surface area contributed by atoms with Crippen LogP contribution in [-0.2, 0) is 32.6 Å². The molecule has 0 N–H and O–H groups in total. The molecule has 11 nitrogen and oxygen atoms in total. The third-order valence-corrected chi connectivity index (χ3v) is 9.94. The Hall–Kier alpha value is -3.79. The van der Waals surface area contributed by atoms with Crippen LogP contribution in [0.5, 0.6) is 0 Å². The molecule has 0 bridgehead atoms. The summed E-state index contributed by atoms with van der Waals surface area (Å²) >= 11 is 0. The van der Waals surface area contributed by atoms with E-state index in [2.05, 4.69) is 0 Å². The quantitative estimate of drug-likeness (QED) is 0.176. The van der Waals surface area contributed by atoms with Crippen LogP contribution in [0.2, 0.25) is 0 Å². The summed E-state index contributed by atoms with van der Waals surface area (Å²) in [5.41, 5.74) is -3.81. The third-order valence-electron chi connectivity index (χ3n) is 7.78. The van der Waals surface area contributed by atoms with Gasteiger partial charge in [-0.15, -0.1) is 0 Å². The molecule has 0 amide bonds. The minimum absolute atomic E-state index is 0.0616. The second-order valence-corrected chi connectivity index (χ2v) is 12.0. The number of esters is 4. The maximum atomic E-state index is 14.9. The van der Waals surface area contributed by atoms with E-state index in [4.69, 9.17) is 28.0 Å². The highest BCUT2D eigenvalue weighted by Gasteiger charge is 2.51. The number of carbonyl (C=O) groups excluding carboxylic acids is 4. The van der Waals surface area contributed by atoms with E-state index in [9.17, 15) is 23.7 Å². The Morgan fingerprint density at radius 1 is 0.791 bits per heavy atom. The molecule has 2 aromatic rings. The van der Waals surface area contributed by atoms with Gasteiger partial charge >= 0.3 is 31.5 Å². The molecule has 0 aliphatic carbocycles. The molecule has 1 saturated heterocycles. The summed E-state index contributed by atoms with van der Waals surface area (Å²) in [6.07, 6.45) is 4.20. The average molecular weight is 617 g/mol. The zero-order valence-corrected chi connectivity index (χ0v) is 26.3. The van der Waals surface area contributed by atoms with Crippen molar-refractivity contribution in [2.24, 2.45) is 5.41 Å². The topological polar surface area (TPSA) is 141 Å². The predicted molar refractivity (Wildman–Crippen MR) is 157 cm³/mol. The number of ether oxygens (including phenoxy) is 4. The normalized spacial score (nSPS) is 16.3. The van der Waals surface area contributed by atoms with Crippen LogP contribution >= 0.6 is 7.60 Å². The predicted octanol–water partition coefficient (Wildman–Crippen LogP) is 6.00. The smallest absolute Gasteiger partial charge is 0.342 e.